The summed E-state index contributed by atoms with van der Waals surface area (Å²) in [4.78, 5) is 26.5. The number of fused-ring (bicyclic) bond motifs is 1. The number of rotatable bonds is 6. The van der Waals surface area contributed by atoms with Gasteiger partial charge >= 0.3 is 11.8 Å². The van der Waals surface area contributed by atoms with Crippen LogP contribution < -0.4 is 20.1 Å². The number of nitrogens with one attached hydrogen (secondary N) is 2. The van der Waals surface area contributed by atoms with Gasteiger partial charge in [-0.15, -0.1) is 0 Å². The van der Waals surface area contributed by atoms with Crippen LogP contribution in [-0.2, 0) is 14.3 Å². The summed E-state index contributed by atoms with van der Waals surface area (Å²) in [6.07, 6.45) is 0.826. The molecule has 0 unspecified atom stereocenters. The molecule has 2 amide bonds. The molecule has 0 spiro atoms. The van der Waals surface area contributed by atoms with Crippen molar-refractivity contribution in [1.29, 1.82) is 0 Å². The van der Waals surface area contributed by atoms with Gasteiger partial charge in [-0.2, -0.15) is 0 Å². The molecule has 1 atom stereocenters. The van der Waals surface area contributed by atoms with E-state index in [9.17, 15) is 9.59 Å². The second-order valence-corrected chi connectivity index (χ2v) is 7.20. The predicted octanol–water partition coefficient (Wildman–Crippen LogP) is 1.93. The standard InChI is InChI=1S/C22H25N3O5/c26-21(22(27)24-17-7-8-18-19(13-17)30-15-29-18)23-9-4-10-25-11-12-28-20(14-25)16-5-2-1-3-6-16/h1-3,5-8,13,20H,4,9-12,14-15H2,(H,23,26)(H,24,27)/t20-/m0/s1. The Hall–Kier alpha value is -3.10. The number of ether oxygens (including phenoxy) is 3. The van der Waals surface area contributed by atoms with Gasteiger partial charge in [-0.25, -0.2) is 0 Å². The average molecular weight is 411 g/mol. The molecular weight excluding hydrogens is 386 g/mol. The molecule has 2 aliphatic rings. The number of carbonyl (C=O) groups excluding carboxylic acids is 2. The highest BCUT2D eigenvalue weighted by Gasteiger charge is 2.22. The van der Waals surface area contributed by atoms with E-state index in [1.807, 2.05) is 18.2 Å². The Bertz CT molecular complexity index is 890. The van der Waals surface area contributed by atoms with Crippen molar-refractivity contribution in [3.05, 3.63) is 54.1 Å². The second-order valence-electron chi connectivity index (χ2n) is 7.20. The number of morpholine rings is 1. The van der Waals surface area contributed by atoms with Crippen molar-refractivity contribution in [3.8, 4) is 11.5 Å². The van der Waals surface area contributed by atoms with Crippen LogP contribution in [0.5, 0.6) is 11.5 Å². The maximum atomic E-state index is 12.1. The van der Waals surface area contributed by atoms with E-state index in [0.717, 1.165) is 26.1 Å². The van der Waals surface area contributed by atoms with Gasteiger partial charge in [-0.3, -0.25) is 14.5 Å². The number of anilines is 1. The molecule has 30 heavy (non-hydrogen) atoms. The minimum absolute atomic E-state index is 0.0713. The van der Waals surface area contributed by atoms with Crippen LogP contribution in [0.1, 0.15) is 18.1 Å². The van der Waals surface area contributed by atoms with E-state index in [4.69, 9.17) is 14.2 Å². The zero-order valence-corrected chi connectivity index (χ0v) is 16.6. The van der Waals surface area contributed by atoms with Crippen LogP contribution in [0.2, 0.25) is 0 Å². The monoisotopic (exact) mass is 411 g/mol. The van der Waals surface area contributed by atoms with Crippen molar-refractivity contribution in [1.82, 2.24) is 10.2 Å². The third-order valence-electron chi connectivity index (χ3n) is 5.10. The van der Waals surface area contributed by atoms with E-state index in [0.29, 0.717) is 30.3 Å². The molecule has 1 saturated heterocycles. The van der Waals surface area contributed by atoms with Gasteiger partial charge in [0.1, 0.15) is 0 Å². The van der Waals surface area contributed by atoms with Crippen molar-refractivity contribution >= 4 is 17.5 Å². The summed E-state index contributed by atoms with van der Waals surface area (Å²) in [6.45, 7) is 3.79. The lowest BCUT2D eigenvalue weighted by Crippen LogP contribution is -2.41. The first-order chi connectivity index (χ1) is 14.7. The Balaban J connectivity index is 1.17. The third-order valence-corrected chi connectivity index (χ3v) is 5.10. The number of nitrogens with zero attached hydrogens (tertiary/aromatic N) is 1. The van der Waals surface area contributed by atoms with Crippen LogP contribution in [0.25, 0.3) is 0 Å². The molecule has 158 valence electrons. The second kappa shape index (κ2) is 9.60. The Labute approximate surface area is 175 Å². The lowest BCUT2D eigenvalue weighted by molar-refractivity contribution is -0.136. The van der Waals surface area contributed by atoms with Gasteiger partial charge in [0.15, 0.2) is 11.5 Å². The summed E-state index contributed by atoms with van der Waals surface area (Å²) >= 11 is 0. The van der Waals surface area contributed by atoms with Crippen LogP contribution in [-0.4, -0.2) is 56.3 Å². The highest BCUT2D eigenvalue weighted by Crippen LogP contribution is 2.34. The topological polar surface area (TPSA) is 89.1 Å². The van der Waals surface area contributed by atoms with Crippen molar-refractivity contribution in [2.45, 2.75) is 12.5 Å². The van der Waals surface area contributed by atoms with Gasteiger partial charge in [-0.1, -0.05) is 30.3 Å². The Morgan fingerprint density at radius 1 is 1.03 bits per heavy atom. The fraction of sp³-hybridized carbons (Fsp3) is 0.364. The fourth-order valence-electron chi connectivity index (χ4n) is 3.52. The first-order valence-corrected chi connectivity index (χ1v) is 10.1. The number of carbonyl (C=O) groups is 2. The van der Waals surface area contributed by atoms with Crippen molar-refractivity contribution < 1.29 is 23.8 Å². The summed E-state index contributed by atoms with van der Waals surface area (Å²) in [6, 6.07) is 15.2. The predicted molar refractivity (Wildman–Crippen MR) is 110 cm³/mol. The van der Waals surface area contributed by atoms with Gasteiger partial charge in [-0.05, 0) is 24.1 Å². The zero-order valence-electron chi connectivity index (χ0n) is 16.6. The first-order valence-electron chi connectivity index (χ1n) is 10.1. The van der Waals surface area contributed by atoms with Gasteiger partial charge in [0.2, 0.25) is 6.79 Å². The number of hydrogen-bond donors (Lipinski definition) is 2. The van der Waals surface area contributed by atoms with E-state index in [1.165, 1.54) is 5.56 Å². The Kier molecular flexibility index (Phi) is 6.46. The molecule has 0 saturated carbocycles. The number of amides is 2. The van der Waals surface area contributed by atoms with Gasteiger partial charge in [0, 0.05) is 37.9 Å². The van der Waals surface area contributed by atoms with E-state index in [2.05, 4.69) is 27.7 Å². The van der Waals surface area contributed by atoms with E-state index in [-0.39, 0.29) is 12.9 Å². The lowest BCUT2D eigenvalue weighted by atomic mass is 10.1. The van der Waals surface area contributed by atoms with Gasteiger partial charge in [0.25, 0.3) is 0 Å². The molecule has 2 aromatic rings. The van der Waals surface area contributed by atoms with Crippen LogP contribution in [0.3, 0.4) is 0 Å². The van der Waals surface area contributed by atoms with Crippen LogP contribution in [0.4, 0.5) is 5.69 Å². The lowest BCUT2D eigenvalue weighted by Gasteiger charge is -2.33. The molecule has 0 radical (unpaired) electrons. The Morgan fingerprint density at radius 3 is 2.73 bits per heavy atom. The molecule has 0 aromatic heterocycles. The van der Waals surface area contributed by atoms with Crippen LogP contribution in [0, 0.1) is 0 Å². The molecule has 2 heterocycles. The molecular formula is C22H25N3O5. The normalized spacial score (nSPS) is 18.1. The molecule has 8 nitrogen and oxygen atoms in total. The van der Waals surface area contributed by atoms with Gasteiger partial charge in [0.05, 0.1) is 12.7 Å². The molecule has 4 rings (SSSR count). The van der Waals surface area contributed by atoms with Crippen LogP contribution >= 0.6 is 0 Å². The summed E-state index contributed by atoms with van der Waals surface area (Å²) in [7, 11) is 0. The molecule has 0 bridgehead atoms. The van der Waals surface area contributed by atoms with Crippen LogP contribution in [0.15, 0.2) is 48.5 Å². The number of hydrogen-bond acceptors (Lipinski definition) is 6. The Morgan fingerprint density at radius 2 is 1.87 bits per heavy atom. The minimum Gasteiger partial charge on any atom is -0.454 e. The first kappa shape index (κ1) is 20.2. The minimum atomic E-state index is -0.704. The molecule has 2 aliphatic heterocycles. The summed E-state index contributed by atoms with van der Waals surface area (Å²) in [5, 5.41) is 5.24. The molecule has 0 aliphatic carbocycles. The van der Waals surface area contributed by atoms with Crippen molar-refractivity contribution in [2.75, 3.05) is 44.9 Å². The van der Waals surface area contributed by atoms with E-state index in [1.54, 1.807) is 18.2 Å². The van der Waals surface area contributed by atoms with Gasteiger partial charge < -0.3 is 24.8 Å². The summed E-state index contributed by atoms with van der Waals surface area (Å²) in [5.41, 5.74) is 1.66. The third kappa shape index (κ3) is 5.08. The molecule has 2 aromatic carbocycles. The van der Waals surface area contributed by atoms with E-state index < -0.39 is 11.8 Å². The zero-order chi connectivity index (χ0) is 20.8. The number of benzene rings is 2. The molecule has 2 N–H and O–H groups in total. The maximum absolute atomic E-state index is 12.1. The van der Waals surface area contributed by atoms with E-state index >= 15 is 0 Å². The summed E-state index contributed by atoms with van der Waals surface area (Å²) < 4.78 is 16.4. The maximum Gasteiger partial charge on any atom is 0.313 e. The molecule has 1 fully saturated rings. The smallest absolute Gasteiger partial charge is 0.313 e. The summed E-state index contributed by atoms with van der Waals surface area (Å²) in [5.74, 6) is -0.191. The highest BCUT2D eigenvalue weighted by molar-refractivity contribution is 6.39. The SMILES string of the molecule is O=C(NCCCN1CCO[C@H](c2ccccc2)C1)C(=O)Nc1ccc2c(c1)OCO2. The average Bonchev–Trinajstić information content (AvgIpc) is 3.25. The largest absolute Gasteiger partial charge is 0.454 e. The van der Waals surface area contributed by atoms with Crippen molar-refractivity contribution in [3.63, 3.8) is 0 Å². The molecule has 8 heteroatoms. The highest BCUT2D eigenvalue weighted by atomic mass is 16.7. The van der Waals surface area contributed by atoms with Crippen molar-refractivity contribution in [2.24, 2.45) is 0 Å². The fourth-order valence-corrected chi connectivity index (χ4v) is 3.52. The quantitative estimate of drug-likeness (QED) is 0.558.